The molecule has 2 aromatic heterocycles. The van der Waals surface area contributed by atoms with Crippen molar-refractivity contribution in [1.82, 2.24) is 25.2 Å². The van der Waals surface area contributed by atoms with Crippen LogP contribution in [-0.2, 0) is 24.3 Å². The molecule has 5 rings (SSSR count). The van der Waals surface area contributed by atoms with Gasteiger partial charge in [-0.2, -0.15) is 4.98 Å². The van der Waals surface area contributed by atoms with Crippen molar-refractivity contribution in [2.45, 2.75) is 52.5 Å². The number of carbonyl (C=O) groups excluding carboxylic acids is 1. The molecule has 3 N–H and O–H groups in total. The van der Waals surface area contributed by atoms with E-state index in [0.717, 1.165) is 42.3 Å². The summed E-state index contributed by atoms with van der Waals surface area (Å²) in [6, 6.07) is 5.89. The summed E-state index contributed by atoms with van der Waals surface area (Å²) >= 11 is 0. The minimum Gasteiger partial charge on any atom is -0.485 e. The van der Waals surface area contributed by atoms with Gasteiger partial charge < -0.3 is 34.5 Å². The Labute approximate surface area is 240 Å². The molecular formula is C29H39N7O5. The number of oxazole rings is 1. The summed E-state index contributed by atoms with van der Waals surface area (Å²) in [5.41, 5.74) is 4.72. The molecule has 1 unspecified atom stereocenters. The second kappa shape index (κ2) is 12.8. The van der Waals surface area contributed by atoms with Gasteiger partial charge in [0.25, 0.3) is 5.91 Å². The van der Waals surface area contributed by atoms with E-state index < -0.39 is 6.10 Å². The predicted octanol–water partition coefficient (Wildman–Crippen LogP) is 2.08. The van der Waals surface area contributed by atoms with Crippen LogP contribution >= 0.6 is 0 Å². The van der Waals surface area contributed by atoms with Crippen LogP contribution in [0.1, 0.15) is 45.6 Å². The van der Waals surface area contributed by atoms with Crippen LogP contribution < -0.4 is 20.3 Å². The molecule has 1 atom stereocenters. The van der Waals surface area contributed by atoms with Gasteiger partial charge in [-0.3, -0.25) is 9.69 Å². The standard InChI is InChI=1S/C29H39N7O5/c1-5-35(4)29-33-24(10-27(34-29)32-21-14-39-15-21)28(38)30-11-22(37)13-36-9-8-23-18(2)25(7-6-20(23)12-36)40-16-26-19(3)31-17-41-26/h6-7,10,17,21-22,37H,5,8-9,11-16H2,1-4H3,(H,30,38)(H,32,33,34). The first-order valence-electron chi connectivity index (χ1n) is 14.1. The number of aryl methyl sites for hydroxylation is 1. The lowest BCUT2D eigenvalue weighted by Gasteiger charge is -2.31. The first kappa shape index (κ1) is 28.8. The molecule has 0 saturated carbocycles. The highest BCUT2D eigenvalue weighted by Gasteiger charge is 2.24. The summed E-state index contributed by atoms with van der Waals surface area (Å²) < 4.78 is 16.6. The van der Waals surface area contributed by atoms with Gasteiger partial charge in [-0.1, -0.05) is 6.07 Å². The Balaban J connectivity index is 1.14. The highest BCUT2D eigenvalue weighted by atomic mass is 16.5. The first-order valence-corrected chi connectivity index (χ1v) is 14.1. The summed E-state index contributed by atoms with van der Waals surface area (Å²) in [5, 5.41) is 16.9. The van der Waals surface area contributed by atoms with E-state index in [1.807, 2.05) is 31.9 Å². The van der Waals surface area contributed by atoms with Crippen molar-refractivity contribution in [3.05, 3.63) is 58.4 Å². The van der Waals surface area contributed by atoms with Crippen molar-refractivity contribution in [3.63, 3.8) is 0 Å². The maximum Gasteiger partial charge on any atom is 0.270 e. The van der Waals surface area contributed by atoms with Crippen molar-refractivity contribution in [3.8, 4) is 5.75 Å². The fourth-order valence-corrected chi connectivity index (χ4v) is 4.93. The quantitative estimate of drug-likeness (QED) is 0.298. The monoisotopic (exact) mass is 565 g/mol. The summed E-state index contributed by atoms with van der Waals surface area (Å²) in [4.78, 5) is 30.2. The molecule has 1 aromatic carbocycles. The Morgan fingerprint density at radius 2 is 2.12 bits per heavy atom. The van der Waals surface area contributed by atoms with E-state index in [2.05, 4.69) is 43.5 Å². The van der Waals surface area contributed by atoms with Crippen LogP contribution in [0.25, 0.3) is 0 Å². The molecule has 220 valence electrons. The molecule has 0 spiro atoms. The van der Waals surface area contributed by atoms with Gasteiger partial charge in [0.15, 0.2) is 12.2 Å². The molecule has 1 fully saturated rings. The van der Waals surface area contributed by atoms with Crippen LogP contribution in [0.5, 0.6) is 5.75 Å². The van der Waals surface area contributed by atoms with Crippen LogP contribution in [0.2, 0.25) is 0 Å². The Hall–Kier alpha value is -3.74. The Bertz CT molecular complexity index is 1360. The normalized spacial score (nSPS) is 16.0. The number of fused-ring (bicyclic) bond motifs is 1. The number of aliphatic hydroxyl groups excluding tert-OH is 1. The summed E-state index contributed by atoms with van der Waals surface area (Å²) in [6.45, 7) is 10.3. The predicted molar refractivity (Wildman–Crippen MR) is 153 cm³/mol. The number of anilines is 2. The van der Waals surface area contributed by atoms with Crippen LogP contribution in [0.4, 0.5) is 11.8 Å². The number of nitrogens with zero attached hydrogens (tertiary/aromatic N) is 5. The molecule has 41 heavy (non-hydrogen) atoms. The van der Waals surface area contributed by atoms with Gasteiger partial charge in [-0.25, -0.2) is 9.97 Å². The molecule has 0 aliphatic carbocycles. The summed E-state index contributed by atoms with van der Waals surface area (Å²) in [5.74, 6) is 2.26. The number of aliphatic hydroxyl groups is 1. The SMILES string of the molecule is CCN(C)c1nc(NC2COC2)cc(C(=O)NCC(O)CN2CCc3c(ccc(OCc4ocnc4C)c3C)C2)n1. The number of hydrogen-bond donors (Lipinski definition) is 3. The van der Waals surface area contributed by atoms with Gasteiger partial charge in [0, 0.05) is 45.8 Å². The molecular weight excluding hydrogens is 526 g/mol. The number of nitrogens with one attached hydrogen (secondary N) is 2. The number of amides is 1. The lowest BCUT2D eigenvalue weighted by molar-refractivity contribution is 0.0209. The first-order chi connectivity index (χ1) is 19.8. The maximum absolute atomic E-state index is 13.0. The van der Waals surface area contributed by atoms with E-state index >= 15 is 0 Å². The highest BCUT2D eigenvalue weighted by molar-refractivity contribution is 5.93. The fraction of sp³-hybridized carbons (Fsp3) is 0.517. The average Bonchev–Trinajstić information content (AvgIpc) is 3.37. The molecule has 4 heterocycles. The Morgan fingerprint density at radius 3 is 2.83 bits per heavy atom. The number of hydrogen-bond acceptors (Lipinski definition) is 11. The van der Waals surface area contributed by atoms with Crippen LogP contribution in [0.3, 0.4) is 0 Å². The summed E-state index contributed by atoms with van der Waals surface area (Å²) in [7, 11) is 1.88. The van der Waals surface area contributed by atoms with Gasteiger partial charge in [0.1, 0.15) is 23.9 Å². The van der Waals surface area contributed by atoms with Gasteiger partial charge in [0.05, 0.1) is 31.1 Å². The van der Waals surface area contributed by atoms with E-state index in [-0.39, 0.29) is 24.2 Å². The zero-order chi connectivity index (χ0) is 28.9. The lowest BCUT2D eigenvalue weighted by Crippen LogP contribution is -2.42. The van der Waals surface area contributed by atoms with Gasteiger partial charge >= 0.3 is 0 Å². The van der Waals surface area contributed by atoms with E-state index in [1.165, 1.54) is 17.5 Å². The van der Waals surface area contributed by atoms with Crippen molar-refractivity contribution < 1.29 is 23.8 Å². The number of benzene rings is 1. The van der Waals surface area contributed by atoms with Crippen LogP contribution in [0.15, 0.2) is 29.0 Å². The second-order valence-corrected chi connectivity index (χ2v) is 10.7. The fourth-order valence-electron chi connectivity index (χ4n) is 4.93. The molecule has 2 aliphatic rings. The number of β-amino-alcohol motifs (C(OH)–C–C–N with tert-alkyl or cyclic N) is 1. The van der Waals surface area contributed by atoms with Gasteiger partial charge in [-0.15, -0.1) is 0 Å². The van der Waals surface area contributed by atoms with Gasteiger partial charge in [0.2, 0.25) is 5.95 Å². The molecule has 1 saturated heterocycles. The molecule has 3 aromatic rings. The molecule has 12 nitrogen and oxygen atoms in total. The zero-order valence-electron chi connectivity index (χ0n) is 24.1. The minimum absolute atomic E-state index is 0.122. The number of ether oxygens (including phenoxy) is 2. The highest BCUT2D eigenvalue weighted by Crippen LogP contribution is 2.30. The zero-order valence-corrected chi connectivity index (χ0v) is 24.1. The number of carbonyl (C=O) groups is 1. The number of rotatable bonds is 12. The minimum atomic E-state index is -0.723. The second-order valence-electron chi connectivity index (χ2n) is 10.7. The van der Waals surface area contributed by atoms with Crippen molar-refractivity contribution in [2.24, 2.45) is 0 Å². The third kappa shape index (κ3) is 6.95. The molecule has 12 heteroatoms. The molecule has 2 aliphatic heterocycles. The number of aromatic nitrogens is 3. The van der Waals surface area contributed by atoms with Crippen LogP contribution in [-0.4, -0.2) is 89.5 Å². The third-order valence-electron chi connectivity index (χ3n) is 7.64. The lowest BCUT2D eigenvalue weighted by atomic mass is 9.94. The molecule has 0 radical (unpaired) electrons. The Morgan fingerprint density at radius 1 is 1.29 bits per heavy atom. The van der Waals surface area contributed by atoms with Crippen molar-refractivity contribution in [1.29, 1.82) is 0 Å². The molecule has 0 bridgehead atoms. The average molecular weight is 566 g/mol. The van der Waals surface area contributed by atoms with Crippen molar-refractivity contribution in [2.75, 3.05) is 56.7 Å². The maximum atomic E-state index is 13.0. The third-order valence-corrected chi connectivity index (χ3v) is 7.64. The summed E-state index contributed by atoms with van der Waals surface area (Å²) in [6.07, 6.45) is 1.56. The molecule has 1 amide bonds. The van der Waals surface area contributed by atoms with E-state index in [9.17, 15) is 9.90 Å². The van der Waals surface area contributed by atoms with E-state index in [0.29, 0.717) is 44.7 Å². The smallest absolute Gasteiger partial charge is 0.270 e. The van der Waals surface area contributed by atoms with Crippen molar-refractivity contribution >= 4 is 17.7 Å². The van der Waals surface area contributed by atoms with E-state index in [1.54, 1.807) is 6.07 Å². The largest absolute Gasteiger partial charge is 0.485 e. The van der Waals surface area contributed by atoms with E-state index in [4.69, 9.17) is 13.9 Å². The van der Waals surface area contributed by atoms with Gasteiger partial charge in [-0.05, 0) is 49.9 Å². The van der Waals surface area contributed by atoms with Crippen LogP contribution in [0, 0.1) is 13.8 Å². The Kier molecular flexibility index (Phi) is 9.01. The topological polar surface area (TPSA) is 138 Å².